The van der Waals surface area contributed by atoms with Crippen LogP contribution in [0.1, 0.15) is 322 Å². The molecular formula is C74H133NO8. The normalized spacial score (nSPS) is 13.1. The summed E-state index contributed by atoms with van der Waals surface area (Å²) in [6.45, 7) is 4.68. The first kappa shape index (κ1) is 79.7. The van der Waals surface area contributed by atoms with E-state index in [9.17, 15) is 19.5 Å². The molecule has 0 aliphatic heterocycles. The molecule has 0 amide bonds. The summed E-state index contributed by atoms with van der Waals surface area (Å²) in [6, 6.07) is 0. The van der Waals surface area contributed by atoms with Crippen molar-refractivity contribution < 1.29 is 42.9 Å². The molecule has 9 nitrogen and oxygen atoms in total. The van der Waals surface area contributed by atoms with Crippen molar-refractivity contribution in [1.82, 2.24) is 0 Å². The highest BCUT2D eigenvalue weighted by Gasteiger charge is 2.22. The summed E-state index contributed by atoms with van der Waals surface area (Å²) in [7, 11) is 5.94. The Hall–Kier alpha value is -3.27. The average molecular weight is 1160 g/mol. The number of nitrogens with zero attached hydrogens (tertiary/aromatic N) is 1. The van der Waals surface area contributed by atoms with Gasteiger partial charge in [-0.1, -0.05) is 299 Å². The molecule has 0 radical (unpaired) electrons. The summed E-state index contributed by atoms with van der Waals surface area (Å²) in [4.78, 5) is 37.5. The number of quaternary nitrogens is 1. The van der Waals surface area contributed by atoms with Gasteiger partial charge >= 0.3 is 11.9 Å². The zero-order valence-corrected chi connectivity index (χ0v) is 55.1. The molecule has 0 N–H and O–H groups in total. The molecule has 0 aromatic heterocycles. The van der Waals surface area contributed by atoms with Crippen LogP contribution in [0.2, 0.25) is 0 Å². The standard InChI is InChI=1S/C74H133NO8/c1-6-8-10-12-14-16-18-20-22-24-26-28-29-30-31-32-33-34-35-36-37-38-39-40-41-42-43-45-47-49-51-53-55-57-59-61-63-65-72(77)83-70(69-82-74(73(78)79)80-67-66-75(3,4)5)68-81-71(76)64-62-60-58-56-54-52-50-48-46-44-27-25-23-21-19-17-15-13-11-9-7-2/h8,10,14,16,20,22,25-28,30-31,70,74H,6-7,9,11-13,15,17-19,21,23-24,29,32-69H2,1-5H3/b10-8-,16-14-,22-20-,27-25-,28-26-,31-30-. The highest BCUT2D eigenvalue weighted by Crippen LogP contribution is 2.18. The highest BCUT2D eigenvalue weighted by atomic mass is 16.7. The summed E-state index contributed by atoms with van der Waals surface area (Å²) < 4.78 is 22.8. The zero-order valence-electron chi connectivity index (χ0n) is 55.1. The molecule has 2 atom stereocenters. The Labute approximate surface area is 513 Å². The number of carbonyl (C=O) groups excluding carboxylic acids is 3. The number of likely N-dealkylation sites (N-methyl/N-ethyl adjacent to an activating group) is 1. The number of carbonyl (C=O) groups is 3. The molecule has 2 unspecified atom stereocenters. The first-order valence-electron chi connectivity index (χ1n) is 35.1. The Bertz CT molecular complexity index is 1590. The molecule has 482 valence electrons. The van der Waals surface area contributed by atoms with Gasteiger partial charge in [0, 0.05) is 12.8 Å². The van der Waals surface area contributed by atoms with Gasteiger partial charge < -0.3 is 33.3 Å². The fraction of sp³-hybridized carbons (Fsp3) is 0.797. The number of carboxylic acid groups (broad SMARTS) is 1. The third-order valence-corrected chi connectivity index (χ3v) is 15.4. The van der Waals surface area contributed by atoms with Crippen molar-refractivity contribution >= 4 is 17.9 Å². The van der Waals surface area contributed by atoms with Crippen LogP contribution in [0.25, 0.3) is 0 Å². The van der Waals surface area contributed by atoms with Crippen LogP contribution in [0, 0.1) is 0 Å². The van der Waals surface area contributed by atoms with Crippen LogP contribution in [-0.4, -0.2) is 82.3 Å². The summed E-state index contributed by atoms with van der Waals surface area (Å²) >= 11 is 0. The van der Waals surface area contributed by atoms with E-state index in [-0.39, 0.29) is 32.2 Å². The van der Waals surface area contributed by atoms with Crippen molar-refractivity contribution in [3.63, 3.8) is 0 Å². The van der Waals surface area contributed by atoms with Gasteiger partial charge in [-0.25, -0.2) is 0 Å². The number of esters is 2. The number of unbranched alkanes of at least 4 members (excludes halogenated alkanes) is 38. The lowest BCUT2D eigenvalue weighted by molar-refractivity contribution is -0.870. The second-order valence-corrected chi connectivity index (χ2v) is 24.8. The fourth-order valence-corrected chi connectivity index (χ4v) is 10.1. The van der Waals surface area contributed by atoms with Crippen LogP contribution in [0.5, 0.6) is 0 Å². The van der Waals surface area contributed by atoms with Crippen molar-refractivity contribution in [2.45, 2.75) is 334 Å². The van der Waals surface area contributed by atoms with E-state index < -0.39 is 24.3 Å². The second kappa shape index (κ2) is 64.7. The molecule has 0 rings (SSSR count). The van der Waals surface area contributed by atoms with Crippen LogP contribution < -0.4 is 5.11 Å². The fourth-order valence-electron chi connectivity index (χ4n) is 10.1. The smallest absolute Gasteiger partial charge is 0.306 e. The number of allylic oxidation sites excluding steroid dienone is 12. The molecule has 0 aliphatic rings. The van der Waals surface area contributed by atoms with Gasteiger partial charge in [-0.05, 0) is 83.5 Å². The van der Waals surface area contributed by atoms with Gasteiger partial charge in [-0.15, -0.1) is 0 Å². The molecule has 0 spiro atoms. The molecule has 0 aliphatic carbocycles. The van der Waals surface area contributed by atoms with E-state index in [1.165, 1.54) is 225 Å². The molecule has 9 heteroatoms. The molecule has 0 saturated heterocycles. The van der Waals surface area contributed by atoms with E-state index >= 15 is 0 Å². The number of hydrogen-bond acceptors (Lipinski definition) is 8. The van der Waals surface area contributed by atoms with E-state index in [0.717, 1.165) is 64.2 Å². The van der Waals surface area contributed by atoms with Gasteiger partial charge in [0.05, 0.1) is 40.3 Å². The lowest BCUT2D eigenvalue weighted by Crippen LogP contribution is -2.44. The van der Waals surface area contributed by atoms with E-state index in [1.54, 1.807) is 0 Å². The van der Waals surface area contributed by atoms with Crippen LogP contribution >= 0.6 is 0 Å². The maximum absolute atomic E-state index is 12.9. The minimum absolute atomic E-state index is 0.148. The Morgan fingerprint density at radius 2 is 0.687 bits per heavy atom. The molecule has 0 fully saturated rings. The lowest BCUT2D eigenvalue weighted by Gasteiger charge is -2.26. The Morgan fingerprint density at radius 3 is 1.04 bits per heavy atom. The number of ether oxygens (including phenoxy) is 4. The third-order valence-electron chi connectivity index (χ3n) is 15.4. The quantitative estimate of drug-likeness (QED) is 0.0195. The maximum Gasteiger partial charge on any atom is 0.306 e. The third kappa shape index (κ3) is 66.1. The van der Waals surface area contributed by atoms with Crippen LogP contribution in [0.3, 0.4) is 0 Å². The SMILES string of the molecule is CC/C=C\C/C=C\C/C=C\C/C=C\C/C=C\CCCCCCCCCCCCCCCCCCCCCCCC(=O)OC(COC(=O)CCCCCCCCCCC/C=C\CCCCCCCCCC)COC(OCC[N+](C)(C)C)C(=O)[O-]. The topological polar surface area (TPSA) is 111 Å². The van der Waals surface area contributed by atoms with Crippen molar-refractivity contribution in [1.29, 1.82) is 0 Å². The maximum atomic E-state index is 12.9. The largest absolute Gasteiger partial charge is 0.545 e. The van der Waals surface area contributed by atoms with Gasteiger partial charge in [-0.3, -0.25) is 9.59 Å². The minimum atomic E-state index is -1.62. The first-order chi connectivity index (χ1) is 40.6. The van der Waals surface area contributed by atoms with E-state index in [0.29, 0.717) is 23.9 Å². The molecule has 0 aromatic carbocycles. The first-order valence-corrected chi connectivity index (χ1v) is 35.1. The number of aliphatic carboxylic acids is 1. The predicted molar refractivity (Wildman–Crippen MR) is 352 cm³/mol. The summed E-state index contributed by atoms with van der Waals surface area (Å²) in [5.74, 6) is -2.27. The van der Waals surface area contributed by atoms with Crippen molar-refractivity contribution in [3.05, 3.63) is 72.9 Å². The summed E-state index contributed by atoms with van der Waals surface area (Å²) in [5.41, 5.74) is 0. The monoisotopic (exact) mass is 1160 g/mol. The van der Waals surface area contributed by atoms with Crippen LogP contribution in [-0.2, 0) is 33.3 Å². The lowest BCUT2D eigenvalue weighted by atomic mass is 10.0. The molecule has 0 heterocycles. The summed E-state index contributed by atoms with van der Waals surface area (Å²) in [6.07, 6.45) is 82.7. The van der Waals surface area contributed by atoms with Gasteiger partial charge in [-0.2, -0.15) is 0 Å². The highest BCUT2D eigenvalue weighted by molar-refractivity contribution is 5.70. The Kier molecular flexibility index (Phi) is 62.2. The zero-order chi connectivity index (χ0) is 60.5. The van der Waals surface area contributed by atoms with Crippen LogP contribution in [0.4, 0.5) is 0 Å². The van der Waals surface area contributed by atoms with Gasteiger partial charge in [0.15, 0.2) is 12.4 Å². The summed E-state index contributed by atoms with van der Waals surface area (Å²) in [5, 5.41) is 11.8. The van der Waals surface area contributed by atoms with Crippen LogP contribution in [0.15, 0.2) is 72.9 Å². The average Bonchev–Trinajstić information content (AvgIpc) is 3.46. The van der Waals surface area contributed by atoms with E-state index in [2.05, 4.69) is 86.8 Å². The molecule has 0 bridgehead atoms. The molecule has 0 aromatic rings. The molecular weight excluding hydrogens is 1030 g/mol. The van der Waals surface area contributed by atoms with Crippen molar-refractivity contribution in [2.75, 3.05) is 47.5 Å². The number of carboxylic acids is 1. The van der Waals surface area contributed by atoms with Gasteiger partial charge in [0.2, 0.25) is 0 Å². The van der Waals surface area contributed by atoms with Gasteiger partial charge in [0.1, 0.15) is 13.2 Å². The predicted octanol–water partition coefficient (Wildman–Crippen LogP) is 20.4. The van der Waals surface area contributed by atoms with Crippen molar-refractivity contribution in [2.24, 2.45) is 0 Å². The Balaban J connectivity index is 4.03. The minimum Gasteiger partial charge on any atom is -0.545 e. The van der Waals surface area contributed by atoms with Gasteiger partial charge in [0.25, 0.3) is 0 Å². The van der Waals surface area contributed by atoms with Crippen molar-refractivity contribution in [3.8, 4) is 0 Å². The second-order valence-electron chi connectivity index (χ2n) is 24.8. The molecule has 83 heavy (non-hydrogen) atoms. The molecule has 0 saturated carbocycles. The Morgan fingerprint density at radius 1 is 0.373 bits per heavy atom. The number of rotatable bonds is 65. The number of hydrogen-bond donors (Lipinski definition) is 0. The van der Waals surface area contributed by atoms with E-state index in [1.807, 2.05) is 21.1 Å². The van der Waals surface area contributed by atoms with E-state index in [4.69, 9.17) is 18.9 Å².